The Bertz CT molecular complexity index is 274. The summed E-state index contributed by atoms with van der Waals surface area (Å²) >= 11 is 0. The van der Waals surface area contributed by atoms with Crippen molar-refractivity contribution in [2.45, 2.75) is 38.3 Å². The molecule has 0 bridgehead atoms. The van der Waals surface area contributed by atoms with E-state index in [9.17, 15) is 0 Å². The number of rotatable bonds is 3. The molecule has 0 spiro atoms. The Morgan fingerprint density at radius 3 is 2.82 bits per heavy atom. The lowest BCUT2D eigenvalue weighted by Gasteiger charge is -2.43. The van der Waals surface area contributed by atoms with Crippen molar-refractivity contribution in [2.75, 3.05) is 40.0 Å². The van der Waals surface area contributed by atoms with Crippen LogP contribution >= 0.6 is 0 Å². The second-order valence-electron chi connectivity index (χ2n) is 6.24. The number of likely N-dealkylation sites (tertiary alicyclic amines) is 1. The van der Waals surface area contributed by atoms with Gasteiger partial charge in [-0.1, -0.05) is 6.92 Å². The Morgan fingerprint density at radius 1 is 1.47 bits per heavy atom. The maximum absolute atomic E-state index is 6.15. The van der Waals surface area contributed by atoms with Gasteiger partial charge < -0.3 is 15.2 Å². The van der Waals surface area contributed by atoms with Crippen molar-refractivity contribution in [3.63, 3.8) is 0 Å². The molecule has 2 fully saturated rings. The van der Waals surface area contributed by atoms with Crippen LogP contribution in [0.15, 0.2) is 0 Å². The number of ether oxygens (including phenoxy) is 2. The first-order valence-corrected chi connectivity index (χ1v) is 6.58. The lowest BCUT2D eigenvalue weighted by Crippen LogP contribution is -2.53. The van der Waals surface area contributed by atoms with E-state index in [1.807, 2.05) is 7.11 Å². The number of piperidine rings is 1. The normalized spacial score (nSPS) is 44.1. The van der Waals surface area contributed by atoms with Crippen molar-refractivity contribution in [1.29, 1.82) is 0 Å². The van der Waals surface area contributed by atoms with Crippen LogP contribution in [0.4, 0.5) is 0 Å². The molecule has 3 unspecified atom stereocenters. The molecule has 4 nitrogen and oxygen atoms in total. The SMILES string of the molecule is COC1(C)CCCN(CC2(C)COCC2N)C1. The van der Waals surface area contributed by atoms with E-state index in [4.69, 9.17) is 15.2 Å². The van der Waals surface area contributed by atoms with Gasteiger partial charge in [-0.3, -0.25) is 4.90 Å². The fourth-order valence-corrected chi connectivity index (χ4v) is 3.01. The number of nitrogens with zero attached hydrogens (tertiary/aromatic N) is 1. The lowest BCUT2D eigenvalue weighted by atomic mass is 9.83. The summed E-state index contributed by atoms with van der Waals surface area (Å²) in [6, 6.07) is 0.165. The van der Waals surface area contributed by atoms with Crippen LogP contribution in [-0.2, 0) is 9.47 Å². The van der Waals surface area contributed by atoms with Crippen molar-refractivity contribution in [3.05, 3.63) is 0 Å². The Labute approximate surface area is 104 Å². The Balaban J connectivity index is 1.95. The van der Waals surface area contributed by atoms with Gasteiger partial charge in [0.2, 0.25) is 0 Å². The molecule has 0 saturated carbocycles. The fraction of sp³-hybridized carbons (Fsp3) is 1.00. The number of methoxy groups -OCH3 is 1. The third kappa shape index (κ3) is 2.81. The summed E-state index contributed by atoms with van der Waals surface area (Å²) in [5.41, 5.74) is 6.26. The van der Waals surface area contributed by atoms with Crippen molar-refractivity contribution in [3.8, 4) is 0 Å². The monoisotopic (exact) mass is 242 g/mol. The zero-order valence-corrected chi connectivity index (χ0v) is 11.4. The molecule has 100 valence electrons. The van der Waals surface area contributed by atoms with E-state index in [2.05, 4.69) is 18.7 Å². The molecule has 2 aliphatic rings. The molecule has 2 saturated heterocycles. The van der Waals surface area contributed by atoms with Crippen LogP contribution in [-0.4, -0.2) is 56.5 Å². The zero-order valence-electron chi connectivity index (χ0n) is 11.4. The molecule has 2 heterocycles. The fourth-order valence-electron chi connectivity index (χ4n) is 3.01. The number of hydrogen-bond acceptors (Lipinski definition) is 4. The van der Waals surface area contributed by atoms with Crippen LogP contribution < -0.4 is 5.73 Å². The van der Waals surface area contributed by atoms with Crippen molar-refractivity contribution < 1.29 is 9.47 Å². The molecule has 0 aromatic heterocycles. The Kier molecular flexibility index (Phi) is 3.78. The molecule has 3 atom stereocenters. The highest BCUT2D eigenvalue weighted by Gasteiger charge is 2.41. The van der Waals surface area contributed by atoms with E-state index < -0.39 is 0 Å². The van der Waals surface area contributed by atoms with Crippen LogP contribution in [0.25, 0.3) is 0 Å². The molecule has 0 aromatic carbocycles. The van der Waals surface area contributed by atoms with Crippen LogP contribution in [0.3, 0.4) is 0 Å². The van der Waals surface area contributed by atoms with E-state index in [0.29, 0.717) is 6.61 Å². The molecule has 2 rings (SSSR count). The zero-order chi connectivity index (χ0) is 12.5. The molecular weight excluding hydrogens is 216 g/mol. The second-order valence-corrected chi connectivity index (χ2v) is 6.24. The third-order valence-electron chi connectivity index (χ3n) is 4.44. The minimum atomic E-state index is 0.0121. The average Bonchev–Trinajstić information content (AvgIpc) is 2.59. The smallest absolute Gasteiger partial charge is 0.0777 e. The molecule has 0 aliphatic carbocycles. The van der Waals surface area contributed by atoms with Gasteiger partial charge in [-0.05, 0) is 26.3 Å². The second kappa shape index (κ2) is 4.84. The molecule has 0 radical (unpaired) electrons. The van der Waals surface area contributed by atoms with Gasteiger partial charge >= 0.3 is 0 Å². The first kappa shape index (κ1) is 13.3. The van der Waals surface area contributed by atoms with Crippen molar-refractivity contribution in [2.24, 2.45) is 11.1 Å². The van der Waals surface area contributed by atoms with E-state index in [0.717, 1.165) is 32.7 Å². The summed E-state index contributed by atoms with van der Waals surface area (Å²) in [6.07, 6.45) is 2.36. The highest BCUT2D eigenvalue weighted by Crippen LogP contribution is 2.31. The van der Waals surface area contributed by atoms with Gasteiger partial charge in [-0.25, -0.2) is 0 Å². The summed E-state index contributed by atoms with van der Waals surface area (Å²) in [4.78, 5) is 2.49. The van der Waals surface area contributed by atoms with E-state index in [-0.39, 0.29) is 17.1 Å². The van der Waals surface area contributed by atoms with Crippen LogP contribution in [0.1, 0.15) is 26.7 Å². The van der Waals surface area contributed by atoms with Crippen molar-refractivity contribution in [1.82, 2.24) is 4.90 Å². The Morgan fingerprint density at radius 2 is 2.24 bits per heavy atom. The molecule has 0 amide bonds. The van der Waals surface area contributed by atoms with Crippen molar-refractivity contribution >= 4 is 0 Å². The summed E-state index contributed by atoms with van der Waals surface area (Å²) in [5.74, 6) is 0. The van der Waals surface area contributed by atoms with Gasteiger partial charge in [0.05, 0.1) is 18.8 Å². The minimum absolute atomic E-state index is 0.0121. The molecule has 2 N–H and O–H groups in total. The number of hydrogen-bond donors (Lipinski definition) is 1. The van der Waals surface area contributed by atoms with Gasteiger partial charge in [-0.2, -0.15) is 0 Å². The van der Waals surface area contributed by atoms with E-state index in [1.54, 1.807) is 0 Å². The molecular formula is C13H26N2O2. The molecule has 17 heavy (non-hydrogen) atoms. The van der Waals surface area contributed by atoms with Gasteiger partial charge in [0.1, 0.15) is 0 Å². The van der Waals surface area contributed by atoms with E-state index in [1.165, 1.54) is 6.42 Å². The largest absolute Gasteiger partial charge is 0.379 e. The molecule has 2 aliphatic heterocycles. The summed E-state index contributed by atoms with van der Waals surface area (Å²) in [6.45, 7) is 9.11. The van der Waals surface area contributed by atoms with Gasteiger partial charge in [-0.15, -0.1) is 0 Å². The highest BCUT2D eigenvalue weighted by molar-refractivity contribution is 4.95. The van der Waals surface area contributed by atoms with Gasteiger partial charge in [0, 0.05) is 31.7 Å². The highest BCUT2D eigenvalue weighted by atomic mass is 16.5. The maximum Gasteiger partial charge on any atom is 0.0777 e. The van der Waals surface area contributed by atoms with Crippen LogP contribution in [0.2, 0.25) is 0 Å². The minimum Gasteiger partial charge on any atom is -0.379 e. The standard InChI is InChI=1S/C13H26N2O2/c1-12(10-17-7-11(12)14)8-15-6-4-5-13(2,9-15)16-3/h11H,4-10,14H2,1-3H3. The van der Waals surface area contributed by atoms with Gasteiger partial charge in [0.15, 0.2) is 0 Å². The van der Waals surface area contributed by atoms with Crippen LogP contribution in [0.5, 0.6) is 0 Å². The average molecular weight is 242 g/mol. The first-order chi connectivity index (χ1) is 7.97. The maximum atomic E-state index is 6.15. The first-order valence-electron chi connectivity index (χ1n) is 6.58. The molecule has 4 heteroatoms. The third-order valence-corrected chi connectivity index (χ3v) is 4.44. The summed E-state index contributed by atoms with van der Waals surface area (Å²) in [5, 5.41) is 0. The quantitative estimate of drug-likeness (QED) is 0.797. The summed E-state index contributed by atoms with van der Waals surface area (Å²) in [7, 11) is 1.82. The predicted molar refractivity (Wildman–Crippen MR) is 68.0 cm³/mol. The Hall–Kier alpha value is -0.160. The lowest BCUT2D eigenvalue weighted by molar-refractivity contribution is -0.0593. The van der Waals surface area contributed by atoms with Gasteiger partial charge in [0.25, 0.3) is 0 Å². The topological polar surface area (TPSA) is 47.7 Å². The van der Waals surface area contributed by atoms with Crippen LogP contribution in [0, 0.1) is 5.41 Å². The summed E-state index contributed by atoms with van der Waals surface area (Å²) < 4.78 is 11.1. The van der Waals surface area contributed by atoms with E-state index >= 15 is 0 Å². The molecule has 0 aromatic rings. The predicted octanol–water partition coefficient (Wildman–Crippen LogP) is 0.851. The number of nitrogens with two attached hydrogens (primary N) is 1.